The van der Waals surface area contributed by atoms with Crippen LogP contribution in [0.25, 0.3) is 11.0 Å². The number of nitrogens with two attached hydrogens (primary N) is 1. The number of aromatic amines is 1. The second-order valence-electron chi connectivity index (χ2n) is 4.67. The van der Waals surface area contributed by atoms with Crippen LogP contribution >= 0.6 is 0 Å². The molecule has 6 nitrogen and oxygen atoms in total. The van der Waals surface area contributed by atoms with Crippen LogP contribution in [0.5, 0.6) is 0 Å². The number of unbranched alkanes of at least 4 members (excludes halogenated alkanes) is 1. The molecular formula is C14H18N4O2. The number of rotatable bonds is 6. The van der Waals surface area contributed by atoms with Crippen LogP contribution in [-0.2, 0) is 4.79 Å². The SMILES string of the molecule is CCCCC(NC(=O)c1nc2ccccc2[nH]1)C(N)=O. The summed E-state index contributed by atoms with van der Waals surface area (Å²) in [7, 11) is 0. The van der Waals surface area contributed by atoms with Gasteiger partial charge >= 0.3 is 0 Å². The average molecular weight is 274 g/mol. The Kier molecular flexibility index (Phi) is 4.34. The van der Waals surface area contributed by atoms with Crippen molar-refractivity contribution in [1.29, 1.82) is 0 Å². The molecule has 0 radical (unpaired) electrons. The van der Waals surface area contributed by atoms with Crippen LogP contribution in [0.4, 0.5) is 0 Å². The summed E-state index contributed by atoms with van der Waals surface area (Å²) >= 11 is 0. The molecular weight excluding hydrogens is 256 g/mol. The topological polar surface area (TPSA) is 101 Å². The van der Waals surface area contributed by atoms with Crippen molar-refractivity contribution >= 4 is 22.8 Å². The van der Waals surface area contributed by atoms with Gasteiger partial charge in [-0.1, -0.05) is 31.9 Å². The molecule has 0 aliphatic heterocycles. The van der Waals surface area contributed by atoms with Crippen LogP contribution in [0.1, 0.15) is 36.8 Å². The normalized spacial score (nSPS) is 12.2. The second-order valence-corrected chi connectivity index (χ2v) is 4.67. The Bertz CT molecular complexity index is 587. The van der Waals surface area contributed by atoms with Gasteiger partial charge in [0, 0.05) is 0 Å². The van der Waals surface area contributed by atoms with E-state index in [0.717, 1.165) is 18.4 Å². The molecule has 1 heterocycles. The number of carbonyl (C=O) groups excluding carboxylic acids is 2. The van der Waals surface area contributed by atoms with Crippen molar-refractivity contribution in [2.24, 2.45) is 5.73 Å². The zero-order chi connectivity index (χ0) is 14.5. The van der Waals surface area contributed by atoms with Gasteiger partial charge in [0.25, 0.3) is 5.91 Å². The van der Waals surface area contributed by atoms with Crippen LogP contribution in [0.3, 0.4) is 0 Å². The van der Waals surface area contributed by atoms with Crippen molar-refractivity contribution < 1.29 is 9.59 Å². The highest BCUT2D eigenvalue weighted by molar-refractivity contribution is 5.96. The zero-order valence-corrected chi connectivity index (χ0v) is 11.3. The summed E-state index contributed by atoms with van der Waals surface area (Å²) in [5.74, 6) is -0.752. The molecule has 6 heteroatoms. The van der Waals surface area contributed by atoms with Crippen molar-refractivity contribution in [3.8, 4) is 0 Å². The van der Waals surface area contributed by atoms with E-state index in [2.05, 4.69) is 15.3 Å². The summed E-state index contributed by atoms with van der Waals surface area (Å²) < 4.78 is 0. The summed E-state index contributed by atoms with van der Waals surface area (Å²) in [5.41, 5.74) is 6.78. The Hall–Kier alpha value is -2.37. The number of primary amides is 1. The van der Waals surface area contributed by atoms with Gasteiger partial charge < -0.3 is 16.0 Å². The number of benzene rings is 1. The maximum atomic E-state index is 12.1. The number of para-hydroxylation sites is 2. The number of carbonyl (C=O) groups is 2. The highest BCUT2D eigenvalue weighted by atomic mass is 16.2. The molecule has 0 spiro atoms. The molecule has 0 saturated heterocycles. The van der Waals surface area contributed by atoms with E-state index in [9.17, 15) is 9.59 Å². The Morgan fingerprint density at radius 1 is 1.40 bits per heavy atom. The molecule has 4 N–H and O–H groups in total. The molecule has 1 aromatic heterocycles. The number of aromatic nitrogens is 2. The first-order chi connectivity index (χ1) is 9.61. The number of hydrogen-bond donors (Lipinski definition) is 3. The molecule has 20 heavy (non-hydrogen) atoms. The molecule has 0 aliphatic carbocycles. The lowest BCUT2D eigenvalue weighted by molar-refractivity contribution is -0.120. The quantitative estimate of drug-likeness (QED) is 0.740. The summed E-state index contributed by atoms with van der Waals surface area (Å²) in [4.78, 5) is 30.5. The van der Waals surface area contributed by atoms with E-state index in [1.165, 1.54) is 0 Å². The highest BCUT2D eigenvalue weighted by Crippen LogP contribution is 2.10. The first-order valence-electron chi connectivity index (χ1n) is 6.66. The molecule has 0 fully saturated rings. The molecule has 2 aromatic rings. The van der Waals surface area contributed by atoms with Gasteiger partial charge in [0.15, 0.2) is 5.82 Å². The molecule has 2 amide bonds. The minimum absolute atomic E-state index is 0.189. The molecule has 1 unspecified atom stereocenters. The lowest BCUT2D eigenvalue weighted by atomic mass is 10.1. The predicted molar refractivity (Wildman–Crippen MR) is 76.1 cm³/mol. The Morgan fingerprint density at radius 3 is 2.80 bits per heavy atom. The monoisotopic (exact) mass is 274 g/mol. The summed E-state index contributed by atoms with van der Waals surface area (Å²) in [6.45, 7) is 2.01. The number of amides is 2. The lowest BCUT2D eigenvalue weighted by Crippen LogP contribution is -2.44. The van der Waals surface area contributed by atoms with Crippen molar-refractivity contribution in [1.82, 2.24) is 15.3 Å². The van der Waals surface area contributed by atoms with Gasteiger partial charge in [-0.2, -0.15) is 0 Å². The third kappa shape index (κ3) is 3.14. The molecule has 1 aromatic carbocycles. The fourth-order valence-corrected chi connectivity index (χ4v) is 1.98. The smallest absolute Gasteiger partial charge is 0.287 e. The molecule has 0 saturated carbocycles. The Morgan fingerprint density at radius 2 is 2.15 bits per heavy atom. The van der Waals surface area contributed by atoms with E-state index in [0.29, 0.717) is 11.9 Å². The van der Waals surface area contributed by atoms with Crippen molar-refractivity contribution in [3.05, 3.63) is 30.1 Å². The van der Waals surface area contributed by atoms with E-state index >= 15 is 0 Å². The summed E-state index contributed by atoms with van der Waals surface area (Å²) in [6.07, 6.45) is 2.30. The molecule has 2 rings (SSSR count). The molecule has 0 aliphatic rings. The number of fused-ring (bicyclic) bond motifs is 1. The summed E-state index contributed by atoms with van der Waals surface area (Å²) in [5, 5.41) is 2.62. The van der Waals surface area contributed by atoms with Crippen LogP contribution in [0.2, 0.25) is 0 Å². The van der Waals surface area contributed by atoms with E-state index in [4.69, 9.17) is 5.73 Å². The maximum absolute atomic E-state index is 12.1. The van der Waals surface area contributed by atoms with Crippen molar-refractivity contribution in [3.63, 3.8) is 0 Å². The molecule has 106 valence electrons. The van der Waals surface area contributed by atoms with Gasteiger partial charge in [0.1, 0.15) is 6.04 Å². The van der Waals surface area contributed by atoms with E-state index in [1.807, 2.05) is 31.2 Å². The number of H-pyrrole nitrogens is 1. The number of nitrogens with zero attached hydrogens (tertiary/aromatic N) is 1. The molecule has 0 bridgehead atoms. The van der Waals surface area contributed by atoms with Gasteiger partial charge in [-0.05, 0) is 18.6 Å². The van der Waals surface area contributed by atoms with Crippen LogP contribution in [0, 0.1) is 0 Å². The standard InChI is InChI=1S/C14H18N4O2/c1-2-3-6-11(12(15)19)18-14(20)13-16-9-7-4-5-8-10(9)17-13/h4-5,7-8,11H,2-3,6H2,1H3,(H2,15,19)(H,16,17)(H,18,20). The minimum Gasteiger partial charge on any atom is -0.368 e. The second kappa shape index (κ2) is 6.18. The van der Waals surface area contributed by atoms with E-state index in [-0.39, 0.29) is 5.82 Å². The third-order valence-electron chi connectivity index (χ3n) is 3.10. The number of imidazole rings is 1. The highest BCUT2D eigenvalue weighted by Gasteiger charge is 2.20. The maximum Gasteiger partial charge on any atom is 0.287 e. The van der Waals surface area contributed by atoms with Gasteiger partial charge in [-0.25, -0.2) is 4.98 Å². The van der Waals surface area contributed by atoms with Crippen LogP contribution in [-0.4, -0.2) is 27.8 Å². The first-order valence-corrected chi connectivity index (χ1v) is 6.66. The van der Waals surface area contributed by atoms with E-state index in [1.54, 1.807) is 0 Å². The van der Waals surface area contributed by atoms with Gasteiger partial charge in [0.2, 0.25) is 5.91 Å². The van der Waals surface area contributed by atoms with Gasteiger partial charge in [-0.15, -0.1) is 0 Å². The number of nitrogens with one attached hydrogen (secondary N) is 2. The first kappa shape index (κ1) is 14.0. The lowest BCUT2D eigenvalue weighted by Gasteiger charge is -2.13. The fourth-order valence-electron chi connectivity index (χ4n) is 1.98. The van der Waals surface area contributed by atoms with E-state index < -0.39 is 17.9 Å². The number of hydrogen-bond acceptors (Lipinski definition) is 3. The Labute approximate surface area is 116 Å². The summed E-state index contributed by atoms with van der Waals surface area (Å²) in [6, 6.07) is 6.69. The van der Waals surface area contributed by atoms with Gasteiger partial charge in [0.05, 0.1) is 11.0 Å². The van der Waals surface area contributed by atoms with Crippen molar-refractivity contribution in [2.75, 3.05) is 0 Å². The fraction of sp³-hybridized carbons (Fsp3) is 0.357. The average Bonchev–Trinajstić information content (AvgIpc) is 2.86. The largest absolute Gasteiger partial charge is 0.368 e. The van der Waals surface area contributed by atoms with Crippen LogP contribution in [0.15, 0.2) is 24.3 Å². The predicted octanol–water partition coefficient (Wildman–Crippen LogP) is 1.34. The minimum atomic E-state index is -0.657. The van der Waals surface area contributed by atoms with Gasteiger partial charge in [-0.3, -0.25) is 9.59 Å². The zero-order valence-electron chi connectivity index (χ0n) is 11.3. The Balaban J connectivity index is 2.11. The van der Waals surface area contributed by atoms with Crippen LogP contribution < -0.4 is 11.1 Å². The third-order valence-corrected chi connectivity index (χ3v) is 3.10. The molecule has 1 atom stereocenters. The van der Waals surface area contributed by atoms with Crippen molar-refractivity contribution in [2.45, 2.75) is 32.2 Å².